The van der Waals surface area contributed by atoms with Crippen LogP contribution in [0.1, 0.15) is 26.7 Å². The van der Waals surface area contributed by atoms with Gasteiger partial charge in [0.05, 0.1) is 7.11 Å². The van der Waals surface area contributed by atoms with Crippen molar-refractivity contribution < 1.29 is 4.74 Å². The zero-order valence-electron chi connectivity index (χ0n) is 10.7. The summed E-state index contributed by atoms with van der Waals surface area (Å²) in [6, 6.07) is 2.34. The third-order valence-electron chi connectivity index (χ3n) is 3.33. The van der Waals surface area contributed by atoms with Crippen molar-refractivity contribution >= 4 is 11.8 Å². The summed E-state index contributed by atoms with van der Waals surface area (Å²) >= 11 is 0. The van der Waals surface area contributed by atoms with E-state index >= 15 is 0 Å². The van der Waals surface area contributed by atoms with Crippen LogP contribution in [-0.2, 0) is 0 Å². The number of methoxy groups -OCH3 is 1. The van der Waals surface area contributed by atoms with Gasteiger partial charge in [-0.25, -0.2) is 0 Å². The predicted octanol–water partition coefficient (Wildman–Crippen LogP) is 1.69. The lowest BCUT2D eigenvalue weighted by Crippen LogP contribution is -2.41. The molecule has 5 nitrogen and oxygen atoms in total. The molecule has 0 bridgehead atoms. The zero-order valence-corrected chi connectivity index (χ0v) is 10.7. The fourth-order valence-electron chi connectivity index (χ4n) is 2.29. The molecule has 1 fully saturated rings. The summed E-state index contributed by atoms with van der Waals surface area (Å²) in [5, 5.41) is 0. The van der Waals surface area contributed by atoms with Crippen LogP contribution in [0.5, 0.6) is 5.88 Å². The van der Waals surface area contributed by atoms with Crippen LogP contribution < -0.4 is 15.4 Å². The first-order valence-electron chi connectivity index (χ1n) is 6.05. The maximum Gasteiger partial charge on any atom is 0.225 e. The van der Waals surface area contributed by atoms with Crippen LogP contribution in [0, 0.1) is 5.92 Å². The van der Waals surface area contributed by atoms with Gasteiger partial charge in [0.1, 0.15) is 5.82 Å². The maximum atomic E-state index is 5.69. The van der Waals surface area contributed by atoms with Crippen LogP contribution in [-0.4, -0.2) is 29.7 Å². The van der Waals surface area contributed by atoms with Crippen molar-refractivity contribution in [1.29, 1.82) is 0 Å². The molecule has 0 saturated carbocycles. The van der Waals surface area contributed by atoms with E-state index in [1.165, 1.54) is 12.8 Å². The lowest BCUT2D eigenvalue weighted by Gasteiger charge is -2.37. The highest BCUT2D eigenvalue weighted by atomic mass is 16.5. The number of aromatic nitrogens is 2. The summed E-state index contributed by atoms with van der Waals surface area (Å²) in [6.07, 6.45) is 2.46. The second-order valence-electron chi connectivity index (χ2n) is 4.81. The number of ether oxygens (including phenoxy) is 1. The first kappa shape index (κ1) is 12.0. The molecule has 0 aromatic carbocycles. The highest BCUT2D eigenvalue weighted by Gasteiger charge is 2.24. The van der Waals surface area contributed by atoms with Crippen LogP contribution in [0.2, 0.25) is 0 Å². The minimum absolute atomic E-state index is 0.268. The molecule has 0 aliphatic carbocycles. The fraction of sp³-hybridized carbons (Fsp3) is 0.667. The number of anilines is 2. The first-order valence-corrected chi connectivity index (χ1v) is 6.05. The summed E-state index contributed by atoms with van der Waals surface area (Å²) in [5.41, 5.74) is 5.69. The second kappa shape index (κ2) is 4.77. The Hall–Kier alpha value is -1.52. The molecule has 94 valence electrons. The van der Waals surface area contributed by atoms with Gasteiger partial charge < -0.3 is 15.4 Å². The van der Waals surface area contributed by atoms with E-state index in [0.29, 0.717) is 17.8 Å². The number of nitrogen functional groups attached to an aromatic ring is 1. The molecule has 1 aromatic heterocycles. The van der Waals surface area contributed by atoms with Crippen molar-refractivity contribution in [2.45, 2.75) is 32.7 Å². The summed E-state index contributed by atoms with van der Waals surface area (Å²) in [5.74, 6) is 2.35. The standard InChI is InChI=1S/C12H20N4O/c1-8-4-5-9(2)16(7-8)10-6-11(17-3)15-12(13)14-10/h6,8-9H,4-5,7H2,1-3H3,(H2,13,14,15). The Kier molecular flexibility index (Phi) is 3.36. The van der Waals surface area contributed by atoms with E-state index in [1.807, 2.05) is 6.07 Å². The van der Waals surface area contributed by atoms with E-state index in [-0.39, 0.29) is 5.95 Å². The lowest BCUT2D eigenvalue weighted by atomic mass is 9.95. The Morgan fingerprint density at radius 3 is 2.82 bits per heavy atom. The summed E-state index contributed by atoms with van der Waals surface area (Å²) in [4.78, 5) is 10.6. The Morgan fingerprint density at radius 1 is 1.35 bits per heavy atom. The molecule has 5 heteroatoms. The largest absolute Gasteiger partial charge is 0.481 e. The molecule has 1 saturated heterocycles. The van der Waals surface area contributed by atoms with Crippen molar-refractivity contribution in [2.75, 3.05) is 24.3 Å². The van der Waals surface area contributed by atoms with Gasteiger partial charge in [-0.1, -0.05) is 6.92 Å². The fourth-order valence-corrected chi connectivity index (χ4v) is 2.29. The van der Waals surface area contributed by atoms with E-state index in [0.717, 1.165) is 12.4 Å². The van der Waals surface area contributed by atoms with Crippen molar-refractivity contribution in [3.63, 3.8) is 0 Å². The molecular formula is C12H20N4O. The second-order valence-corrected chi connectivity index (χ2v) is 4.81. The first-order chi connectivity index (χ1) is 8.10. The Balaban J connectivity index is 2.28. The summed E-state index contributed by atoms with van der Waals surface area (Å²) in [6.45, 7) is 5.50. The van der Waals surface area contributed by atoms with Gasteiger partial charge in [-0.15, -0.1) is 0 Å². The number of hydrogen-bond donors (Lipinski definition) is 1. The quantitative estimate of drug-likeness (QED) is 0.846. The van der Waals surface area contributed by atoms with E-state index in [4.69, 9.17) is 10.5 Å². The molecule has 2 heterocycles. The van der Waals surface area contributed by atoms with Crippen molar-refractivity contribution in [1.82, 2.24) is 9.97 Å². The third kappa shape index (κ3) is 2.60. The molecule has 2 N–H and O–H groups in total. The van der Waals surface area contributed by atoms with Crippen LogP contribution in [0.15, 0.2) is 6.07 Å². The van der Waals surface area contributed by atoms with E-state index in [2.05, 4.69) is 28.7 Å². The van der Waals surface area contributed by atoms with Crippen LogP contribution in [0.3, 0.4) is 0 Å². The molecule has 0 radical (unpaired) electrons. The highest BCUT2D eigenvalue weighted by Crippen LogP contribution is 2.28. The smallest absolute Gasteiger partial charge is 0.225 e. The molecule has 0 amide bonds. The highest BCUT2D eigenvalue weighted by molar-refractivity contribution is 5.46. The van der Waals surface area contributed by atoms with Gasteiger partial charge in [0.2, 0.25) is 11.8 Å². The van der Waals surface area contributed by atoms with Crippen LogP contribution >= 0.6 is 0 Å². The normalized spacial score (nSPS) is 24.8. The van der Waals surface area contributed by atoms with Crippen molar-refractivity contribution in [3.05, 3.63) is 6.07 Å². The lowest BCUT2D eigenvalue weighted by molar-refractivity contribution is 0.382. The number of nitrogens with two attached hydrogens (primary N) is 1. The minimum atomic E-state index is 0.268. The molecule has 17 heavy (non-hydrogen) atoms. The average molecular weight is 236 g/mol. The molecule has 0 spiro atoms. The summed E-state index contributed by atoms with van der Waals surface area (Å²) in [7, 11) is 1.59. The monoisotopic (exact) mass is 236 g/mol. The predicted molar refractivity (Wildman–Crippen MR) is 68.2 cm³/mol. The van der Waals surface area contributed by atoms with E-state index < -0.39 is 0 Å². The van der Waals surface area contributed by atoms with Gasteiger partial charge in [0.25, 0.3) is 0 Å². The topological polar surface area (TPSA) is 64.3 Å². The van der Waals surface area contributed by atoms with Crippen molar-refractivity contribution in [2.24, 2.45) is 5.92 Å². The number of piperidine rings is 1. The Labute approximate surface area is 102 Å². The van der Waals surface area contributed by atoms with Gasteiger partial charge in [-0.05, 0) is 25.7 Å². The van der Waals surface area contributed by atoms with Gasteiger partial charge >= 0.3 is 0 Å². The molecule has 2 atom stereocenters. The summed E-state index contributed by atoms with van der Waals surface area (Å²) < 4.78 is 5.13. The van der Waals surface area contributed by atoms with E-state index in [1.54, 1.807) is 7.11 Å². The molecule has 1 aliphatic heterocycles. The average Bonchev–Trinajstić information content (AvgIpc) is 2.31. The third-order valence-corrected chi connectivity index (χ3v) is 3.33. The Bertz CT molecular complexity index is 396. The number of nitrogens with zero attached hydrogens (tertiary/aromatic N) is 3. The minimum Gasteiger partial charge on any atom is -0.481 e. The molecule has 1 aromatic rings. The van der Waals surface area contributed by atoms with Gasteiger partial charge in [-0.2, -0.15) is 9.97 Å². The zero-order chi connectivity index (χ0) is 12.4. The van der Waals surface area contributed by atoms with Crippen LogP contribution in [0.25, 0.3) is 0 Å². The number of hydrogen-bond acceptors (Lipinski definition) is 5. The van der Waals surface area contributed by atoms with Crippen molar-refractivity contribution in [3.8, 4) is 5.88 Å². The number of rotatable bonds is 2. The molecular weight excluding hydrogens is 216 g/mol. The van der Waals surface area contributed by atoms with Gasteiger partial charge in [0.15, 0.2) is 0 Å². The molecule has 1 aliphatic rings. The maximum absolute atomic E-state index is 5.69. The molecule has 2 unspecified atom stereocenters. The van der Waals surface area contributed by atoms with E-state index in [9.17, 15) is 0 Å². The SMILES string of the molecule is COc1cc(N2CC(C)CCC2C)nc(N)n1. The van der Waals surface area contributed by atoms with Crippen LogP contribution in [0.4, 0.5) is 11.8 Å². The Morgan fingerprint density at radius 2 is 2.12 bits per heavy atom. The van der Waals surface area contributed by atoms with Gasteiger partial charge in [0, 0.05) is 18.7 Å². The van der Waals surface area contributed by atoms with Gasteiger partial charge in [-0.3, -0.25) is 0 Å². The molecule has 2 rings (SSSR count).